The lowest BCUT2D eigenvalue weighted by Gasteiger charge is -2.31. The molecular weight excluding hydrogens is 366 g/mol. The summed E-state index contributed by atoms with van der Waals surface area (Å²) in [4.78, 5) is 14.9. The largest absolute Gasteiger partial charge is 0.497 e. The van der Waals surface area contributed by atoms with Gasteiger partial charge in [0, 0.05) is 49.8 Å². The van der Waals surface area contributed by atoms with Crippen LogP contribution >= 0.6 is 0 Å². The normalized spacial score (nSPS) is 15.9. The molecular formula is C23H35N3O3. The molecule has 0 radical (unpaired) electrons. The third kappa shape index (κ3) is 5.73. The summed E-state index contributed by atoms with van der Waals surface area (Å²) in [6.45, 7) is 8.27. The monoisotopic (exact) mass is 401 g/mol. The number of fused-ring (bicyclic) bond motifs is 1. The van der Waals surface area contributed by atoms with Crippen LogP contribution in [-0.2, 0) is 23.1 Å². The molecule has 160 valence electrons. The van der Waals surface area contributed by atoms with Crippen LogP contribution in [-0.4, -0.2) is 54.8 Å². The quantitative estimate of drug-likeness (QED) is 0.655. The van der Waals surface area contributed by atoms with Crippen molar-refractivity contribution in [1.82, 2.24) is 14.8 Å². The minimum absolute atomic E-state index is 0.130. The molecule has 0 atom stereocenters. The van der Waals surface area contributed by atoms with Gasteiger partial charge in [0.25, 0.3) is 0 Å². The van der Waals surface area contributed by atoms with E-state index in [2.05, 4.69) is 40.2 Å². The molecule has 1 aromatic carbocycles. The van der Waals surface area contributed by atoms with Gasteiger partial charge < -0.3 is 19.4 Å². The summed E-state index contributed by atoms with van der Waals surface area (Å²) in [6, 6.07) is 6.24. The van der Waals surface area contributed by atoms with Crippen molar-refractivity contribution in [2.45, 2.75) is 45.8 Å². The van der Waals surface area contributed by atoms with Crippen LogP contribution in [0.2, 0.25) is 0 Å². The van der Waals surface area contributed by atoms with E-state index in [1.807, 2.05) is 19.9 Å². The van der Waals surface area contributed by atoms with Crippen molar-refractivity contribution in [2.75, 3.05) is 33.4 Å². The maximum atomic E-state index is 12.4. The SMILES string of the molecule is COc1ccc2c(c1)c(CN1CCC(C(=O)NCCCOC(C)C)CC1)cn2C. The summed E-state index contributed by atoms with van der Waals surface area (Å²) in [5.74, 6) is 1.22. The van der Waals surface area contributed by atoms with E-state index in [9.17, 15) is 4.79 Å². The Labute approximate surface area is 174 Å². The van der Waals surface area contributed by atoms with Crippen LogP contribution in [0.5, 0.6) is 5.75 Å². The Hall–Kier alpha value is -2.05. The number of nitrogens with one attached hydrogen (secondary N) is 1. The molecule has 0 spiro atoms. The molecule has 2 aromatic rings. The number of aromatic nitrogens is 1. The van der Waals surface area contributed by atoms with E-state index in [0.29, 0.717) is 13.2 Å². The predicted octanol–water partition coefficient (Wildman–Crippen LogP) is 3.33. The summed E-state index contributed by atoms with van der Waals surface area (Å²) < 4.78 is 13.1. The molecule has 1 aromatic heterocycles. The fourth-order valence-electron chi connectivity index (χ4n) is 4.05. The average molecular weight is 402 g/mol. The van der Waals surface area contributed by atoms with Crippen molar-refractivity contribution in [3.05, 3.63) is 30.0 Å². The standard InChI is InChI=1S/C23H35N3O3/c1-17(2)29-13-5-10-24-23(27)18-8-11-26(12-9-18)16-19-15-25(3)22-7-6-20(28-4)14-21(19)22/h6-7,14-15,17-18H,5,8-13,16H2,1-4H3,(H,24,27). The Morgan fingerprint density at radius 3 is 2.72 bits per heavy atom. The molecule has 0 unspecified atom stereocenters. The number of ether oxygens (including phenoxy) is 2. The van der Waals surface area contributed by atoms with Crippen molar-refractivity contribution in [2.24, 2.45) is 13.0 Å². The van der Waals surface area contributed by atoms with Gasteiger partial charge >= 0.3 is 0 Å². The second-order valence-corrected chi connectivity index (χ2v) is 8.26. The topological polar surface area (TPSA) is 55.7 Å². The van der Waals surface area contributed by atoms with Gasteiger partial charge in [0.1, 0.15) is 5.75 Å². The molecule has 29 heavy (non-hydrogen) atoms. The minimum Gasteiger partial charge on any atom is -0.497 e. The van der Waals surface area contributed by atoms with Crippen LogP contribution in [0.4, 0.5) is 0 Å². The zero-order valence-corrected chi connectivity index (χ0v) is 18.2. The van der Waals surface area contributed by atoms with Gasteiger partial charge in [0.15, 0.2) is 0 Å². The third-order valence-electron chi connectivity index (χ3n) is 5.70. The fourth-order valence-corrected chi connectivity index (χ4v) is 4.05. The Bertz CT molecular complexity index is 807. The molecule has 3 rings (SSSR count). The molecule has 0 aliphatic carbocycles. The molecule has 0 bridgehead atoms. The lowest BCUT2D eigenvalue weighted by molar-refractivity contribution is -0.126. The van der Waals surface area contributed by atoms with E-state index in [-0.39, 0.29) is 17.9 Å². The highest BCUT2D eigenvalue weighted by Gasteiger charge is 2.25. The number of benzene rings is 1. The number of carbonyl (C=O) groups excluding carboxylic acids is 1. The first kappa shape index (κ1) is 21.7. The van der Waals surface area contributed by atoms with E-state index in [0.717, 1.165) is 44.6 Å². The molecule has 1 saturated heterocycles. The van der Waals surface area contributed by atoms with E-state index in [1.165, 1.54) is 16.5 Å². The van der Waals surface area contributed by atoms with Crippen molar-refractivity contribution < 1.29 is 14.3 Å². The summed E-state index contributed by atoms with van der Waals surface area (Å²) in [5, 5.41) is 4.32. The molecule has 1 aliphatic heterocycles. The lowest BCUT2D eigenvalue weighted by Crippen LogP contribution is -2.40. The average Bonchev–Trinajstić information content (AvgIpc) is 3.02. The highest BCUT2D eigenvalue weighted by Crippen LogP contribution is 2.27. The van der Waals surface area contributed by atoms with E-state index < -0.39 is 0 Å². The van der Waals surface area contributed by atoms with Crippen molar-refractivity contribution in [3.63, 3.8) is 0 Å². The molecule has 1 aliphatic rings. The fraction of sp³-hybridized carbons (Fsp3) is 0.609. The molecule has 6 heteroatoms. The predicted molar refractivity (Wildman–Crippen MR) is 116 cm³/mol. The van der Waals surface area contributed by atoms with Crippen LogP contribution < -0.4 is 10.1 Å². The highest BCUT2D eigenvalue weighted by atomic mass is 16.5. The Balaban J connectivity index is 1.47. The molecule has 1 amide bonds. The highest BCUT2D eigenvalue weighted by molar-refractivity contribution is 5.85. The van der Waals surface area contributed by atoms with E-state index >= 15 is 0 Å². The Morgan fingerprint density at radius 1 is 1.28 bits per heavy atom. The van der Waals surface area contributed by atoms with Gasteiger partial charge in [-0.25, -0.2) is 0 Å². The van der Waals surface area contributed by atoms with Gasteiger partial charge in [-0.05, 0) is 70.0 Å². The summed E-state index contributed by atoms with van der Waals surface area (Å²) >= 11 is 0. The van der Waals surface area contributed by atoms with Crippen molar-refractivity contribution in [1.29, 1.82) is 0 Å². The summed E-state index contributed by atoms with van der Waals surface area (Å²) in [6.07, 6.45) is 5.16. The van der Waals surface area contributed by atoms with Gasteiger partial charge in [-0.3, -0.25) is 9.69 Å². The molecule has 1 fully saturated rings. The first-order valence-electron chi connectivity index (χ1n) is 10.7. The number of carbonyl (C=O) groups is 1. The second-order valence-electron chi connectivity index (χ2n) is 8.26. The first-order valence-corrected chi connectivity index (χ1v) is 10.7. The number of aryl methyl sites for hydroxylation is 1. The lowest BCUT2D eigenvalue weighted by atomic mass is 9.95. The number of piperidine rings is 1. The van der Waals surface area contributed by atoms with Crippen LogP contribution in [0, 0.1) is 5.92 Å². The number of nitrogens with zero attached hydrogens (tertiary/aromatic N) is 2. The summed E-state index contributed by atoms with van der Waals surface area (Å²) in [5.41, 5.74) is 2.53. The van der Waals surface area contributed by atoms with Gasteiger partial charge in [-0.1, -0.05) is 0 Å². The number of methoxy groups -OCH3 is 1. The zero-order chi connectivity index (χ0) is 20.8. The maximum absolute atomic E-state index is 12.4. The molecule has 1 N–H and O–H groups in total. The van der Waals surface area contributed by atoms with E-state index in [1.54, 1.807) is 7.11 Å². The first-order chi connectivity index (χ1) is 14.0. The van der Waals surface area contributed by atoms with Crippen LogP contribution in [0.3, 0.4) is 0 Å². The zero-order valence-electron chi connectivity index (χ0n) is 18.2. The molecule has 6 nitrogen and oxygen atoms in total. The van der Waals surface area contributed by atoms with Crippen LogP contribution in [0.1, 0.15) is 38.7 Å². The minimum atomic E-state index is 0.130. The maximum Gasteiger partial charge on any atom is 0.223 e. The number of hydrogen-bond acceptors (Lipinski definition) is 4. The van der Waals surface area contributed by atoms with E-state index in [4.69, 9.17) is 9.47 Å². The van der Waals surface area contributed by atoms with Crippen LogP contribution in [0.15, 0.2) is 24.4 Å². The van der Waals surface area contributed by atoms with Gasteiger partial charge in [0.05, 0.1) is 13.2 Å². The molecule has 2 heterocycles. The third-order valence-corrected chi connectivity index (χ3v) is 5.70. The van der Waals surface area contributed by atoms with Gasteiger partial charge in [-0.2, -0.15) is 0 Å². The van der Waals surface area contributed by atoms with Gasteiger partial charge in [-0.15, -0.1) is 0 Å². The number of amides is 1. The molecule has 0 saturated carbocycles. The summed E-state index contributed by atoms with van der Waals surface area (Å²) in [7, 11) is 3.79. The van der Waals surface area contributed by atoms with Crippen molar-refractivity contribution in [3.8, 4) is 5.75 Å². The smallest absolute Gasteiger partial charge is 0.223 e. The van der Waals surface area contributed by atoms with Gasteiger partial charge in [0.2, 0.25) is 5.91 Å². The Morgan fingerprint density at radius 2 is 2.03 bits per heavy atom. The second kappa shape index (κ2) is 10.1. The number of hydrogen-bond donors (Lipinski definition) is 1. The Kier molecular flexibility index (Phi) is 7.56. The number of rotatable bonds is 9. The number of likely N-dealkylation sites (tertiary alicyclic amines) is 1. The van der Waals surface area contributed by atoms with Crippen molar-refractivity contribution >= 4 is 16.8 Å². The van der Waals surface area contributed by atoms with Crippen LogP contribution in [0.25, 0.3) is 10.9 Å².